The summed E-state index contributed by atoms with van der Waals surface area (Å²) in [6.07, 6.45) is 12.9. The number of aryl methyl sites for hydroxylation is 2. The van der Waals surface area contributed by atoms with E-state index in [2.05, 4.69) is 38.1 Å². The number of hydrogen-bond donors (Lipinski definition) is 2. The number of aromatic hydroxyl groups is 2. The smallest absolute Gasteiger partial charge is 0.118 e. The van der Waals surface area contributed by atoms with Crippen molar-refractivity contribution in [2.45, 2.75) is 65.2 Å². The van der Waals surface area contributed by atoms with Gasteiger partial charge >= 0.3 is 0 Å². The SMILES string of the molecule is CCCCCc1cc(C=Cc2ccc(O)c(CCCCC)c2)ccc1O. The average molecular weight is 353 g/mol. The zero-order valence-electron chi connectivity index (χ0n) is 16.2. The highest BCUT2D eigenvalue weighted by molar-refractivity contribution is 5.71. The third-order valence-corrected chi connectivity index (χ3v) is 4.77. The summed E-state index contributed by atoms with van der Waals surface area (Å²) >= 11 is 0. The first kappa shape index (κ1) is 20.1. The largest absolute Gasteiger partial charge is 0.508 e. The van der Waals surface area contributed by atoms with Gasteiger partial charge in [0.2, 0.25) is 0 Å². The van der Waals surface area contributed by atoms with E-state index < -0.39 is 0 Å². The lowest BCUT2D eigenvalue weighted by Crippen LogP contribution is -1.88. The van der Waals surface area contributed by atoms with Crippen LogP contribution in [0.25, 0.3) is 12.2 Å². The molecule has 0 unspecified atom stereocenters. The van der Waals surface area contributed by atoms with E-state index >= 15 is 0 Å². The van der Waals surface area contributed by atoms with Crippen molar-refractivity contribution in [3.63, 3.8) is 0 Å². The van der Waals surface area contributed by atoms with Crippen LogP contribution in [0.3, 0.4) is 0 Å². The lowest BCUT2D eigenvalue weighted by atomic mass is 10.0. The molecule has 0 saturated carbocycles. The van der Waals surface area contributed by atoms with Crippen molar-refractivity contribution in [2.24, 2.45) is 0 Å². The molecule has 2 rings (SSSR count). The third-order valence-electron chi connectivity index (χ3n) is 4.77. The van der Waals surface area contributed by atoms with Gasteiger partial charge in [0.15, 0.2) is 0 Å². The number of phenolic OH excluding ortho intramolecular Hbond substituents is 2. The zero-order valence-corrected chi connectivity index (χ0v) is 16.2. The lowest BCUT2D eigenvalue weighted by Gasteiger charge is -2.07. The molecule has 0 atom stereocenters. The van der Waals surface area contributed by atoms with Crippen LogP contribution < -0.4 is 0 Å². The molecular weight excluding hydrogens is 320 g/mol. The molecule has 2 aromatic carbocycles. The van der Waals surface area contributed by atoms with Crippen molar-refractivity contribution in [3.05, 3.63) is 58.7 Å². The molecule has 140 valence electrons. The van der Waals surface area contributed by atoms with E-state index in [1.807, 2.05) is 12.1 Å². The van der Waals surface area contributed by atoms with Gasteiger partial charge in [-0.1, -0.05) is 63.8 Å². The minimum Gasteiger partial charge on any atom is -0.508 e. The molecule has 0 bridgehead atoms. The summed E-state index contributed by atoms with van der Waals surface area (Å²) in [4.78, 5) is 0. The van der Waals surface area contributed by atoms with E-state index in [0.29, 0.717) is 11.5 Å². The minimum atomic E-state index is 0.390. The standard InChI is InChI=1S/C24H32O2/c1-3-5-7-9-21-17-19(13-15-23(21)25)11-12-20-14-16-24(26)22(18-20)10-8-6-4-2/h11-18,25-26H,3-10H2,1-2H3. The van der Waals surface area contributed by atoms with Crippen LogP contribution in [0.2, 0.25) is 0 Å². The van der Waals surface area contributed by atoms with Crippen LogP contribution in [0.1, 0.15) is 74.6 Å². The molecule has 0 fully saturated rings. The first-order valence-electron chi connectivity index (χ1n) is 9.96. The Balaban J connectivity index is 2.09. The molecule has 0 heterocycles. The highest BCUT2D eigenvalue weighted by atomic mass is 16.3. The van der Waals surface area contributed by atoms with E-state index in [1.54, 1.807) is 12.1 Å². The molecule has 0 saturated heterocycles. The molecule has 0 aromatic heterocycles. The van der Waals surface area contributed by atoms with Crippen molar-refractivity contribution in [1.29, 1.82) is 0 Å². The third kappa shape index (κ3) is 6.25. The fourth-order valence-corrected chi connectivity index (χ4v) is 3.14. The number of rotatable bonds is 10. The first-order valence-corrected chi connectivity index (χ1v) is 9.96. The van der Waals surface area contributed by atoms with Crippen molar-refractivity contribution in [1.82, 2.24) is 0 Å². The maximum atomic E-state index is 10.0. The molecule has 2 nitrogen and oxygen atoms in total. The topological polar surface area (TPSA) is 40.5 Å². The van der Waals surface area contributed by atoms with Crippen molar-refractivity contribution in [3.8, 4) is 11.5 Å². The predicted octanol–water partition coefficient (Wildman–Crippen LogP) is 6.73. The van der Waals surface area contributed by atoms with Crippen molar-refractivity contribution >= 4 is 12.2 Å². The number of unbranched alkanes of at least 4 members (excludes halogenated alkanes) is 4. The molecule has 2 N–H and O–H groups in total. The molecule has 0 radical (unpaired) electrons. The second kappa shape index (κ2) is 10.7. The number of hydrogen-bond acceptors (Lipinski definition) is 2. The Labute approximate surface area is 158 Å². The predicted molar refractivity (Wildman–Crippen MR) is 112 cm³/mol. The Bertz CT molecular complexity index is 655. The second-order valence-electron chi connectivity index (χ2n) is 7.02. The van der Waals surface area contributed by atoms with Crippen LogP contribution in [-0.4, -0.2) is 10.2 Å². The van der Waals surface area contributed by atoms with Gasteiger partial charge in [-0.25, -0.2) is 0 Å². The van der Waals surface area contributed by atoms with Gasteiger partial charge in [0, 0.05) is 0 Å². The normalized spacial score (nSPS) is 11.3. The lowest BCUT2D eigenvalue weighted by molar-refractivity contribution is 0.466. The molecule has 0 amide bonds. The Morgan fingerprint density at radius 3 is 1.46 bits per heavy atom. The molecular formula is C24H32O2. The summed E-state index contributed by atoms with van der Waals surface area (Å²) < 4.78 is 0. The summed E-state index contributed by atoms with van der Waals surface area (Å²) in [7, 11) is 0. The van der Waals surface area contributed by atoms with Gasteiger partial charge in [-0.15, -0.1) is 0 Å². The van der Waals surface area contributed by atoms with Gasteiger partial charge in [-0.3, -0.25) is 0 Å². The second-order valence-corrected chi connectivity index (χ2v) is 7.02. The Hall–Kier alpha value is -2.22. The Morgan fingerprint density at radius 1 is 0.654 bits per heavy atom. The van der Waals surface area contributed by atoms with Crippen LogP contribution in [0.4, 0.5) is 0 Å². The van der Waals surface area contributed by atoms with Crippen LogP contribution >= 0.6 is 0 Å². The van der Waals surface area contributed by atoms with Crippen LogP contribution in [0.5, 0.6) is 11.5 Å². The monoisotopic (exact) mass is 352 g/mol. The summed E-state index contributed by atoms with van der Waals surface area (Å²) in [5.41, 5.74) is 4.22. The minimum absolute atomic E-state index is 0.390. The maximum Gasteiger partial charge on any atom is 0.118 e. The quantitative estimate of drug-likeness (QED) is 0.367. The molecule has 0 spiro atoms. The summed E-state index contributed by atoms with van der Waals surface area (Å²) in [5.74, 6) is 0.780. The van der Waals surface area contributed by atoms with Gasteiger partial charge in [-0.05, 0) is 72.2 Å². The fraction of sp³-hybridized carbons (Fsp3) is 0.417. The first-order chi connectivity index (χ1) is 12.6. The van der Waals surface area contributed by atoms with E-state index in [-0.39, 0.29) is 0 Å². The van der Waals surface area contributed by atoms with E-state index in [1.165, 1.54) is 25.7 Å². The molecule has 0 aliphatic carbocycles. The molecule has 2 heteroatoms. The fourth-order valence-electron chi connectivity index (χ4n) is 3.14. The summed E-state index contributed by atoms with van der Waals surface area (Å²) in [5, 5.41) is 20.1. The van der Waals surface area contributed by atoms with E-state index in [4.69, 9.17) is 0 Å². The highest BCUT2D eigenvalue weighted by Crippen LogP contribution is 2.24. The Kier molecular flexibility index (Phi) is 8.27. The summed E-state index contributed by atoms with van der Waals surface area (Å²) in [6, 6.07) is 11.6. The van der Waals surface area contributed by atoms with Gasteiger partial charge < -0.3 is 10.2 Å². The van der Waals surface area contributed by atoms with Gasteiger partial charge in [0.25, 0.3) is 0 Å². The molecule has 2 aromatic rings. The van der Waals surface area contributed by atoms with Crippen molar-refractivity contribution in [2.75, 3.05) is 0 Å². The van der Waals surface area contributed by atoms with Gasteiger partial charge in [0.1, 0.15) is 11.5 Å². The average Bonchev–Trinajstić information content (AvgIpc) is 2.64. The number of phenols is 2. The van der Waals surface area contributed by atoms with Crippen LogP contribution in [0, 0.1) is 0 Å². The van der Waals surface area contributed by atoms with Gasteiger partial charge in [0.05, 0.1) is 0 Å². The maximum absolute atomic E-state index is 10.0. The zero-order chi connectivity index (χ0) is 18.8. The van der Waals surface area contributed by atoms with Gasteiger partial charge in [-0.2, -0.15) is 0 Å². The highest BCUT2D eigenvalue weighted by Gasteiger charge is 2.03. The van der Waals surface area contributed by atoms with E-state index in [0.717, 1.165) is 47.9 Å². The van der Waals surface area contributed by atoms with Crippen LogP contribution in [-0.2, 0) is 12.8 Å². The van der Waals surface area contributed by atoms with E-state index in [9.17, 15) is 10.2 Å². The molecule has 0 aliphatic rings. The van der Waals surface area contributed by atoms with Crippen molar-refractivity contribution < 1.29 is 10.2 Å². The molecule has 26 heavy (non-hydrogen) atoms. The Morgan fingerprint density at radius 2 is 1.08 bits per heavy atom. The number of benzene rings is 2. The molecule has 0 aliphatic heterocycles. The van der Waals surface area contributed by atoms with Crippen LogP contribution in [0.15, 0.2) is 36.4 Å². The summed E-state index contributed by atoms with van der Waals surface area (Å²) in [6.45, 7) is 4.38.